The SMILES string of the molecule is Clc1ccc(N2CCN(N=Cc3c4ccccc4cc4ccccc34)CC2)cc1. The third kappa shape index (κ3) is 3.66. The van der Waals surface area contributed by atoms with E-state index in [2.05, 4.69) is 76.6 Å². The Morgan fingerprint density at radius 1 is 0.724 bits per heavy atom. The molecule has 1 fully saturated rings. The number of fused-ring (bicyclic) bond motifs is 2. The van der Waals surface area contributed by atoms with Gasteiger partial charge in [-0.2, -0.15) is 5.10 Å². The van der Waals surface area contributed by atoms with Crippen LogP contribution in [0.1, 0.15) is 5.56 Å². The standard InChI is InChI=1S/C25H22ClN3/c26-21-9-11-22(12-10-21)28-13-15-29(16-14-28)27-18-25-23-7-3-1-5-19(23)17-20-6-2-4-8-24(20)25/h1-12,17-18H,13-16H2. The molecular formula is C25H22ClN3. The van der Waals surface area contributed by atoms with Crippen LogP contribution in [-0.2, 0) is 0 Å². The van der Waals surface area contributed by atoms with Crippen molar-refractivity contribution in [1.82, 2.24) is 5.01 Å². The van der Waals surface area contributed by atoms with Crippen molar-refractivity contribution in [3.8, 4) is 0 Å². The van der Waals surface area contributed by atoms with Crippen LogP contribution in [0.15, 0.2) is 84.0 Å². The molecule has 0 N–H and O–H groups in total. The summed E-state index contributed by atoms with van der Waals surface area (Å²) < 4.78 is 0. The lowest BCUT2D eigenvalue weighted by atomic mass is 9.97. The Bertz CT molecular complexity index is 1120. The normalized spacial score (nSPS) is 14.9. The minimum atomic E-state index is 0.777. The lowest BCUT2D eigenvalue weighted by molar-refractivity contribution is 0.272. The van der Waals surface area contributed by atoms with E-state index in [-0.39, 0.29) is 0 Å². The summed E-state index contributed by atoms with van der Waals surface area (Å²) in [7, 11) is 0. The summed E-state index contributed by atoms with van der Waals surface area (Å²) in [5.41, 5.74) is 2.41. The largest absolute Gasteiger partial charge is 0.368 e. The molecule has 0 radical (unpaired) electrons. The fourth-order valence-corrected chi connectivity index (χ4v) is 4.17. The zero-order valence-corrected chi connectivity index (χ0v) is 16.9. The predicted octanol–water partition coefficient (Wildman–Crippen LogP) is 5.80. The van der Waals surface area contributed by atoms with Crippen molar-refractivity contribution in [2.75, 3.05) is 31.1 Å². The minimum Gasteiger partial charge on any atom is -0.368 e. The third-order valence-corrected chi connectivity index (χ3v) is 5.86. The van der Waals surface area contributed by atoms with Crippen molar-refractivity contribution in [1.29, 1.82) is 0 Å². The molecule has 3 nitrogen and oxygen atoms in total. The zero-order chi connectivity index (χ0) is 19.6. The molecule has 4 aromatic rings. The number of anilines is 1. The molecule has 5 rings (SSSR count). The van der Waals surface area contributed by atoms with Gasteiger partial charge in [0, 0.05) is 29.4 Å². The molecule has 0 saturated carbocycles. The Morgan fingerprint density at radius 3 is 1.93 bits per heavy atom. The molecule has 144 valence electrons. The topological polar surface area (TPSA) is 18.8 Å². The van der Waals surface area contributed by atoms with Crippen LogP contribution in [0.3, 0.4) is 0 Å². The summed E-state index contributed by atoms with van der Waals surface area (Å²) in [6.45, 7) is 3.72. The van der Waals surface area contributed by atoms with Crippen LogP contribution in [0.5, 0.6) is 0 Å². The van der Waals surface area contributed by atoms with E-state index in [0.29, 0.717) is 0 Å². The Morgan fingerprint density at radius 2 is 1.31 bits per heavy atom. The fraction of sp³-hybridized carbons (Fsp3) is 0.160. The first-order chi connectivity index (χ1) is 14.3. The molecule has 1 heterocycles. The first-order valence-corrected chi connectivity index (χ1v) is 10.4. The molecule has 0 amide bonds. The van der Waals surface area contributed by atoms with Crippen LogP contribution in [0.4, 0.5) is 5.69 Å². The average Bonchev–Trinajstić information content (AvgIpc) is 2.77. The van der Waals surface area contributed by atoms with Gasteiger partial charge in [0.2, 0.25) is 0 Å². The van der Waals surface area contributed by atoms with E-state index in [1.807, 2.05) is 18.3 Å². The van der Waals surface area contributed by atoms with Crippen LogP contribution >= 0.6 is 11.6 Å². The van der Waals surface area contributed by atoms with Gasteiger partial charge in [0.25, 0.3) is 0 Å². The summed E-state index contributed by atoms with van der Waals surface area (Å²) >= 11 is 6.01. The second kappa shape index (κ2) is 7.76. The van der Waals surface area contributed by atoms with Gasteiger partial charge in [-0.3, -0.25) is 5.01 Å². The van der Waals surface area contributed by atoms with Crippen LogP contribution in [-0.4, -0.2) is 37.4 Å². The van der Waals surface area contributed by atoms with Crippen molar-refractivity contribution in [2.24, 2.45) is 5.10 Å². The molecule has 29 heavy (non-hydrogen) atoms. The van der Waals surface area contributed by atoms with E-state index in [1.54, 1.807) is 0 Å². The van der Waals surface area contributed by atoms with Gasteiger partial charge in [-0.25, -0.2) is 0 Å². The smallest absolute Gasteiger partial charge is 0.0555 e. The maximum absolute atomic E-state index is 6.01. The molecule has 0 aromatic heterocycles. The summed E-state index contributed by atoms with van der Waals surface area (Å²) in [5, 5.41) is 12.8. The maximum atomic E-state index is 6.01. The van der Waals surface area contributed by atoms with E-state index in [4.69, 9.17) is 16.7 Å². The fourth-order valence-electron chi connectivity index (χ4n) is 4.05. The van der Waals surface area contributed by atoms with E-state index in [1.165, 1.54) is 32.8 Å². The number of hydrogen-bond acceptors (Lipinski definition) is 3. The van der Waals surface area contributed by atoms with Gasteiger partial charge in [-0.1, -0.05) is 60.1 Å². The number of hydrogen-bond donors (Lipinski definition) is 0. The number of halogens is 1. The van der Waals surface area contributed by atoms with Crippen LogP contribution in [0.25, 0.3) is 21.5 Å². The number of piperazine rings is 1. The first-order valence-electron chi connectivity index (χ1n) is 9.98. The second-order valence-corrected chi connectivity index (χ2v) is 7.83. The highest BCUT2D eigenvalue weighted by Crippen LogP contribution is 2.27. The highest BCUT2D eigenvalue weighted by atomic mass is 35.5. The van der Waals surface area contributed by atoms with Crippen molar-refractivity contribution in [3.63, 3.8) is 0 Å². The molecular weight excluding hydrogens is 378 g/mol. The molecule has 0 aliphatic carbocycles. The van der Waals surface area contributed by atoms with Crippen LogP contribution < -0.4 is 4.90 Å². The highest BCUT2D eigenvalue weighted by Gasteiger charge is 2.16. The maximum Gasteiger partial charge on any atom is 0.0555 e. The van der Waals surface area contributed by atoms with Crippen molar-refractivity contribution >= 4 is 45.0 Å². The van der Waals surface area contributed by atoms with Gasteiger partial charge in [-0.15, -0.1) is 0 Å². The van der Waals surface area contributed by atoms with Crippen molar-refractivity contribution in [2.45, 2.75) is 0 Å². The lowest BCUT2D eigenvalue weighted by Gasteiger charge is -2.34. The Balaban J connectivity index is 1.39. The molecule has 0 bridgehead atoms. The molecule has 1 aliphatic heterocycles. The summed E-state index contributed by atoms with van der Waals surface area (Å²) in [6, 6.07) is 27.4. The summed E-state index contributed by atoms with van der Waals surface area (Å²) in [5.74, 6) is 0. The Labute approximate surface area is 175 Å². The second-order valence-electron chi connectivity index (χ2n) is 7.39. The van der Waals surface area contributed by atoms with Gasteiger partial charge in [-0.05, 0) is 51.9 Å². The summed E-state index contributed by atoms with van der Waals surface area (Å²) in [4.78, 5) is 2.38. The first kappa shape index (κ1) is 18.0. The van der Waals surface area contributed by atoms with Crippen molar-refractivity contribution < 1.29 is 0 Å². The number of hydrazone groups is 1. The van der Waals surface area contributed by atoms with Gasteiger partial charge in [0.05, 0.1) is 19.3 Å². The van der Waals surface area contributed by atoms with Gasteiger partial charge in [0.1, 0.15) is 0 Å². The zero-order valence-electron chi connectivity index (χ0n) is 16.1. The number of rotatable bonds is 3. The van der Waals surface area contributed by atoms with Gasteiger partial charge in [0.15, 0.2) is 0 Å². The predicted molar refractivity (Wildman–Crippen MR) is 124 cm³/mol. The quantitative estimate of drug-likeness (QED) is 0.320. The average molecular weight is 400 g/mol. The molecule has 0 unspecified atom stereocenters. The van der Waals surface area contributed by atoms with Crippen molar-refractivity contribution in [3.05, 3.63) is 89.4 Å². The van der Waals surface area contributed by atoms with E-state index >= 15 is 0 Å². The highest BCUT2D eigenvalue weighted by molar-refractivity contribution is 6.30. The van der Waals surface area contributed by atoms with Crippen LogP contribution in [0.2, 0.25) is 5.02 Å². The summed E-state index contributed by atoms with van der Waals surface area (Å²) in [6.07, 6.45) is 2.04. The Hall–Kier alpha value is -3.04. The lowest BCUT2D eigenvalue weighted by Crippen LogP contribution is -2.44. The third-order valence-electron chi connectivity index (χ3n) is 5.61. The monoisotopic (exact) mass is 399 g/mol. The van der Waals surface area contributed by atoms with Gasteiger partial charge >= 0.3 is 0 Å². The molecule has 4 aromatic carbocycles. The molecule has 1 saturated heterocycles. The molecule has 1 aliphatic rings. The number of benzene rings is 4. The van der Waals surface area contributed by atoms with E-state index < -0.39 is 0 Å². The van der Waals surface area contributed by atoms with E-state index in [9.17, 15) is 0 Å². The Kier molecular flexibility index (Phi) is 4.82. The molecule has 4 heteroatoms. The molecule has 0 atom stereocenters. The van der Waals surface area contributed by atoms with E-state index in [0.717, 1.165) is 31.2 Å². The van der Waals surface area contributed by atoms with Gasteiger partial charge < -0.3 is 4.90 Å². The molecule has 0 spiro atoms. The minimum absolute atomic E-state index is 0.777. The number of nitrogens with zero attached hydrogens (tertiary/aromatic N) is 3. The van der Waals surface area contributed by atoms with Crippen LogP contribution in [0, 0.1) is 0 Å².